The molecule has 6 nitrogen and oxygen atoms in total. The van der Waals surface area contributed by atoms with Gasteiger partial charge < -0.3 is 13.9 Å². The third kappa shape index (κ3) is 4.32. The highest BCUT2D eigenvalue weighted by Crippen LogP contribution is 2.28. The second kappa shape index (κ2) is 8.48. The standard InChI is InChI=1S/C18H21N3O3S2/c1-4-23-14-8-7-13(10-15(14)22-3)11-20(2)12-21-18(25)24-17(19-21)16-6-5-9-26-16/h5-10H,4,11-12H2,1-3H3. The molecule has 0 unspecified atom stereocenters. The van der Waals surface area contributed by atoms with Gasteiger partial charge in [0, 0.05) is 6.54 Å². The fourth-order valence-electron chi connectivity index (χ4n) is 2.57. The van der Waals surface area contributed by atoms with E-state index >= 15 is 0 Å². The van der Waals surface area contributed by atoms with E-state index < -0.39 is 0 Å². The summed E-state index contributed by atoms with van der Waals surface area (Å²) in [5.74, 6) is 2.04. The minimum Gasteiger partial charge on any atom is -0.493 e. The Kier molecular flexibility index (Phi) is 6.08. The van der Waals surface area contributed by atoms with Crippen molar-refractivity contribution in [2.45, 2.75) is 20.1 Å². The molecule has 3 aromatic rings. The summed E-state index contributed by atoms with van der Waals surface area (Å²) < 4.78 is 18.3. The van der Waals surface area contributed by atoms with E-state index in [-0.39, 0.29) is 0 Å². The minimum absolute atomic E-state index is 0.365. The molecule has 0 saturated carbocycles. The topological polar surface area (TPSA) is 52.7 Å². The molecule has 138 valence electrons. The SMILES string of the molecule is CCOc1ccc(CN(C)Cn2nc(-c3cccs3)oc2=S)cc1OC. The summed E-state index contributed by atoms with van der Waals surface area (Å²) in [6, 6.07) is 9.88. The third-order valence-corrected chi connectivity index (χ3v) is 4.85. The lowest BCUT2D eigenvalue weighted by Crippen LogP contribution is -2.22. The molecule has 0 radical (unpaired) electrons. The number of thiophene rings is 1. The van der Waals surface area contributed by atoms with Crippen LogP contribution >= 0.6 is 23.6 Å². The molecule has 0 saturated heterocycles. The summed E-state index contributed by atoms with van der Waals surface area (Å²) in [5, 5.41) is 6.46. The van der Waals surface area contributed by atoms with Crippen LogP contribution in [0.1, 0.15) is 12.5 Å². The van der Waals surface area contributed by atoms with E-state index in [0.717, 1.165) is 21.9 Å². The Labute approximate surface area is 161 Å². The second-order valence-electron chi connectivity index (χ2n) is 5.72. The molecule has 2 aromatic heterocycles. The molecule has 1 aromatic carbocycles. The third-order valence-electron chi connectivity index (χ3n) is 3.69. The zero-order chi connectivity index (χ0) is 18.5. The molecule has 8 heteroatoms. The fourth-order valence-corrected chi connectivity index (χ4v) is 3.39. The van der Waals surface area contributed by atoms with Crippen LogP contribution in [-0.4, -0.2) is 35.4 Å². The van der Waals surface area contributed by atoms with Crippen LogP contribution in [0.5, 0.6) is 11.5 Å². The van der Waals surface area contributed by atoms with E-state index in [1.165, 1.54) is 0 Å². The van der Waals surface area contributed by atoms with Gasteiger partial charge in [-0.3, -0.25) is 4.90 Å². The van der Waals surface area contributed by atoms with Crippen molar-refractivity contribution >= 4 is 23.6 Å². The monoisotopic (exact) mass is 391 g/mol. The van der Waals surface area contributed by atoms with Crippen LogP contribution in [0, 0.1) is 4.84 Å². The van der Waals surface area contributed by atoms with E-state index in [0.29, 0.717) is 30.5 Å². The summed E-state index contributed by atoms with van der Waals surface area (Å²) in [6.45, 7) is 3.80. The van der Waals surface area contributed by atoms with Crippen LogP contribution in [0.25, 0.3) is 10.8 Å². The van der Waals surface area contributed by atoms with Gasteiger partial charge in [-0.2, -0.15) is 0 Å². The highest BCUT2D eigenvalue weighted by Gasteiger charge is 2.12. The Hall–Kier alpha value is -2.16. The first kappa shape index (κ1) is 18.6. The van der Waals surface area contributed by atoms with Crippen molar-refractivity contribution in [3.8, 4) is 22.3 Å². The van der Waals surface area contributed by atoms with Gasteiger partial charge in [-0.05, 0) is 55.3 Å². The predicted octanol–water partition coefficient (Wildman–Crippen LogP) is 4.43. The van der Waals surface area contributed by atoms with E-state index in [2.05, 4.69) is 10.00 Å². The summed E-state index contributed by atoms with van der Waals surface area (Å²) in [4.78, 5) is 3.43. The number of rotatable bonds is 8. The minimum atomic E-state index is 0.365. The quantitative estimate of drug-likeness (QED) is 0.530. The summed E-state index contributed by atoms with van der Waals surface area (Å²) in [6.07, 6.45) is 0. The van der Waals surface area contributed by atoms with Gasteiger partial charge in [0.2, 0.25) is 0 Å². The molecule has 3 rings (SSSR count). The van der Waals surface area contributed by atoms with Gasteiger partial charge in [-0.1, -0.05) is 12.1 Å². The summed E-state index contributed by atoms with van der Waals surface area (Å²) in [7, 11) is 3.65. The molecule has 2 heterocycles. The number of hydrogen-bond acceptors (Lipinski definition) is 7. The number of nitrogens with zero attached hydrogens (tertiary/aromatic N) is 3. The van der Waals surface area contributed by atoms with Crippen molar-refractivity contribution in [1.29, 1.82) is 0 Å². The molecule has 0 bridgehead atoms. The largest absolute Gasteiger partial charge is 0.493 e. The molecule has 0 fully saturated rings. The maximum absolute atomic E-state index is 5.60. The van der Waals surface area contributed by atoms with Crippen LogP contribution in [0.3, 0.4) is 0 Å². The van der Waals surface area contributed by atoms with Crippen molar-refractivity contribution in [2.75, 3.05) is 20.8 Å². The maximum atomic E-state index is 5.60. The van der Waals surface area contributed by atoms with Crippen LogP contribution in [-0.2, 0) is 13.2 Å². The van der Waals surface area contributed by atoms with Gasteiger partial charge in [0.25, 0.3) is 10.7 Å². The maximum Gasteiger partial charge on any atom is 0.288 e. The van der Waals surface area contributed by atoms with Crippen molar-refractivity contribution in [1.82, 2.24) is 14.7 Å². The van der Waals surface area contributed by atoms with Gasteiger partial charge in [0.05, 0.1) is 25.3 Å². The molecule has 0 spiro atoms. The van der Waals surface area contributed by atoms with E-state index in [1.54, 1.807) is 23.1 Å². The Morgan fingerprint density at radius 1 is 1.31 bits per heavy atom. The van der Waals surface area contributed by atoms with E-state index in [9.17, 15) is 0 Å². The lowest BCUT2D eigenvalue weighted by atomic mass is 10.2. The first-order valence-corrected chi connectivity index (χ1v) is 9.49. The van der Waals surface area contributed by atoms with Gasteiger partial charge in [-0.15, -0.1) is 16.4 Å². The number of aromatic nitrogens is 2. The second-order valence-corrected chi connectivity index (χ2v) is 7.02. The molecule has 0 N–H and O–H groups in total. The summed E-state index contributed by atoms with van der Waals surface area (Å²) >= 11 is 6.86. The normalized spacial score (nSPS) is 11.1. The zero-order valence-electron chi connectivity index (χ0n) is 15.0. The molecule has 26 heavy (non-hydrogen) atoms. The van der Waals surface area contributed by atoms with E-state index in [1.807, 2.05) is 49.7 Å². The van der Waals surface area contributed by atoms with Crippen molar-refractivity contribution in [3.63, 3.8) is 0 Å². The molecule has 0 amide bonds. The van der Waals surface area contributed by atoms with Gasteiger partial charge in [0.1, 0.15) is 0 Å². The van der Waals surface area contributed by atoms with Crippen molar-refractivity contribution < 1.29 is 13.9 Å². The van der Waals surface area contributed by atoms with Gasteiger partial charge in [-0.25, -0.2) is 4.68 Å². The number of methoxy groups -OCH3 is 1. The highest BCUT2D eigenvalue weighted by atomic mass is 32.1. The molecule has 0 aliphatic carbocycles. The number of hydrogen-bond donors (Lipinski definition) is 0. The van der Waals surface area contributed by atoms with Crippen LogP contribution in [0.4, 0.5) is 0 Å². The van der Waals surface area contributed by atoms with Crippen LogP contribution < -0.4 is 9.47 Å². The Morgan fingerprint density at radius 2 is 2.15 bits per heavy atom. The lowest BCUT2D eigenvalue weighted by molar-refractivity contribution is 0.240. The highest BCUT2D eigenvalue weighted by molar-refractivity contribution is 7.71. The Balaban J connectivity index is 1.69. The summed E-state index contributed by atoms with van der Waals surface area (Å²) in [5.41, 5.74) is 1.11. The lowest BCUT2D eigenvalue weighted by Gasteiger charge is -2.17. The number of ether oxygens (including phenoxy) is 2. The van der Waals surface area contributed by atoms with E-state index in [4.69, 9.17) is 26.1 Å². The predicted molar refractivity (Wildman–Crippen MR) is 104 cm³/mol. The van der Waals surface area contributed by atoms with Gasteiger partial charge in [0.15, 0.2) is 11.5 Å². The average Bonchev–Trinajstić information content (AvgIpc) is 3.27. The molecule has 0 aliphatic rings. The fraction of sp³-hybridized carbons (Fsp3) is 0.333. The average molecular weight is 392 g/mol. The Bertz CT molecular complexity index is 903. The number of benzene rings is 1. The molecule has 0 atom stereocenters. The molecular weight excluding hydrogens is 370 g/mol. The Morgan fingerprint density at radius 3 is 2.85 bits per heavy atom. The smallest absolute Gasteiger partial charge is 0.288 e. The molecule has 0 aliphatic heterocycles. The van der Waals surface area contributed by atoms with Crippen molar-refractivity contribution in [2.24, 2.45) is 0 Å². The molecular formula is C18H21N3O3S2. The zero-order valence-corrected chi connectivity index (χ0v) is 16.6. The van der Waals surface area contributed by atoms with Crippen LogP contribution in [0.2, 0.25) is 0 Å². The first-order valence-electron chi connectivity index (χ1n) is 8.20. The van der Waals surface area contributed by atoms with Crippen molar-refractivity contribution in [3.05, 3.63) is 46.1 Å². The van der Waals surface area contributed by atoms with Crippen LogP contribution in [0.15, 0.2) is 40.1 Å². The van der Waals surface area contributed by atoms with Gasteiger partial charge >= 0.3 is 0 Å². The first-order chi connectivity index (χ1) is 12.6.